The molecule has 1 saturated carbocycles. The van der Waals surface area contributed by atoms with E-state index >= 15 is 0 Å². The van der Waals surface area contributed by atoms with Gasteiger partial charge in [-0.1, -0.05) is 79.7 Å². The third kappa shape index (κ3) is 8.09. The Balaban J connectivity index is 1.73. The fourth-order valence-electron chi connectivity index (χ4n) is 5.41. The lowest BCUT2D eigenvalue weighted by atomic mass is 9.95. The van der Waals surface area contributed by atoms with Crippen molar-refractivity contribution in [3.63, 3.8) is 0 Å². The number of carbonyl (C=O) groups excluding carboxylic acids is 2. The molecule has 8 nitrogen and oxygen atoms in total. The summed E-state index contributed by atoms with van der Waals surface area (Å²) in [4.78, 5) is 29.5. The Labute approximate surface area is 260 Å². The SMILES string of the molecule is CC[C@H](C(=O)NC1CCCCC1)N(Cc1ccccc1Cl)C(=O)CN(c1cccc(OC)c1)S(=O)(=O)c1ccc(C)cc1. The number of aryl methyl sites for hydroxylation is 1. The fourth-order valence-corrected chi connectivity index (χ4v) is 7.01. The van der Waals surface area contributed by atoms with Crippen molar-refractivity contribution in [3.05, 3.63) is 88.9 Å². The lowest BCUT2D eigenvalue weighted by Gasteiger charge is -2.34. The highest BCUT2D eigenvalue weighted by Gasteiger charge is 2.34. The molecule has 0 aliphatic heterocycles. The lowest BCUT2D eigenvalue weighted by molar-refractivity contribution is -0.140. The second kappa shape index (κ2) is 14.8. The zero-order valence-electron chi connectivity index (χ0n) is 25.0. The van der Waals surface area contributed by atoms with E-state index in [1.165, 1.54) is 24.1 Å². The topological polar surface area (TPSA) is 96.0 Å². The maximum atomic E-state index is 14.3. The summed E-state index contributed by atoms with van der Waals surface area (Å²) in [5.41, 5.74) is 1.84. The van der Waals surface area contributed by atoms with Gasteiger partial charge in [0.25, 0.3) is 10.0 Å². The number of hydrogen-bond acceptors (Lipinski definition) is 5. The molecular formula is C33H40ClN3O5S. The van der Waals surface area contributed by atoms with E-state index in [9.17, 15) is 18.0 Å². The fraction of sp³-hybridized carbons (Fsp3) is 0.394. The van der Waals surface area contributed by atoms with Gasteiger partial charge in [0.05, 0.1) is 17.7 Å². The van der Waals surface area contributed by atoms with Crippen LogP contribution < -0.4 is 14.4 Å². The van der Waals surface area contributed by atoms with E-state index in [0.717, 1.165) is 42.0 Å². The molecule has 0 saturated heterocycles. The summed E-state index contributed by atoms with van der Waals surface area (Å²) in [6.07, 6.45) is 5.40. The van der Waals surface area contributed by atoms with E-state index in [1.807, 2.05) is 19.9 Å². The van der Waals surface area contributed by atoms with Gasteiger partial charge in [0.15, 0.2) is 0 Å². The van der Waals surface area contributed by atoms with E-state index in [2.05, 4.69) is 5.32 Å². The number of anilines is 1. The number of hydrogen-bond donors (Lipinski definition) is 1. The summed E-state index contributed by atoms with van der Waals surface area (Å²) in [6, 6.07) is 19.4. The maximum absolute atomic E-state index is 14.3. The molecule has 3 aromatic rings. The summed E-state index contributed by atoms with van der Waals surface area (Å²) < 4.78 is 34.6. The highest BCUT2D eigenvalue weighted by atomic mass is 35.5. The molecule has 1 atom stereocenters. The van der Waals surface area contributed by atoms with Crippen LogP contribution in [0.2, 0.25) is 5.02 Å². The first-order chi connectivity index (χ1) is 20.6. The second-order valence-electron chi connectivity index (χ2n) is 10.9. The van der Waals surface area contributed by atoms with E-state index in [0.29, 0.717) is 22.8 Å². The molecule has 4 rings (SSSR count). The highest BCUT2D eigenvalue weighted by molar-refractivity contribution is 7.92. The van der Waals surface area contributed by atoms with Crippen molar-refractivity contribution in [2.45, 2.75) is 75.9 Å². The van der Waals surface area contributed by atoms with E-state index < -0.39 is 28.5 Å². The van der Waals surface area contributed by atoms with Crippen LogP contribution in [0.3, 0.4) is 0 Å². The molecule has 0 spiro atoms. The Morgan fingerprint density at radius 3 is 2.35 bits per heavy atom. The molecular weight excluding hydrogens is 586 g/mol. The van der Waals surface area contributed by atoms with Crippen molar-refractivity contribution >= 4 is 39.1 Å². The molecule has 43 heavy (non-hydrogen) atoms. The third-order valence-corrected chi connectivity index (χ3v) is 10.0. The predicted octanol–water partition coefficient (Wildman–Crippen LogP) is 6.11. The van der Waals surface area contributed by atoms with Crippen LogP contribution in [0.15, 0.2) is 77.7 Å². The molecule has 1 aliphatic rings. The molecule has 0 radical (unpaired) electrons. The number of carbonyl (C=O) groups is 2. The second-order valence-corrected chi connectivity index (χ2v) is 13.2. The normalized spacial score (nSPS) is 14.5. The van der Waals surface area contributed by atoms with Gasteiger partial charge < -0.3 is 15.0 Å². The highest BCUT2D eigenvalue weighted by Crippen LogP contribution is 2.28. The Morgan fingerprint density at radius 1 is 1.00 bits per heavy atom. The van der Waals surface area contributed by atoms with Crippen LogP contribution in [0.25, 0.3) is 0 Å². The molecule has 2 amide bonds. The molecule has 0 bridgehead atoms. The number of sulfonamides is 1. The third-order valence-electron chi connectivity index (χ3n) is 7.87. The van der Waals surface area contributed by atoms with Gasteiger partial charge in [0.2, 0.25) is 11.8 Å². The van der Waals surface area contributed by atoms with Gasteiger partial charge in [-0.05, 0) is 62.1 Å². The molecule has 3 aromatic carbocycles. The molecule has 1 aliphatic carbocycles. The predicted molar refractivity (Wildman–Crippen MR) is 170 cm³/mol. The molecule has 230 valence electrons. The molecule has 0 aromatic heterocycles. The van der Waals surface area contributed by atoms with Crippen LogP contribution in [-0.2, 0) is 26.2 Å². The zero-order valence-corrected chi connectivity index (χ0v) is 26.5. The van der Waals surface area contributed by atoms with Gasteiger partial charge in [0, 0.05) is 23.7 Å². The van der Waals surface area contributed by atoms with Crippen molar-refractivity contribution in [2.75, 3.05) is 18.0 Å². The Hall–Kier alpha value is -3.56. The average Bonchev–Trinajstić information content (AvgIpc) is 3.01. The van der Waals surface area contributed by atoms with Gasteiger partial charge >= 0.3 is 0 Å². The van der Waals surface area contributed by atoms with Crippen LogP contribution in [-0.4, -0.2) is 50.9 Å². The quantitative estimate of drug-likeness (QED) is 0.262. The van der Waals surface area contributed by atoms with Crippen molar-refractivity contribution < 1.29 is 22.7 Å². The number of ether oxygens (including phenoxy) is 1. The summed E-state index contributed by atoms with van der Waals surface area (Å²) in [7, 11) is -2.69. The first-order valence-electron chi connectivity index (χ1n) is 14.7. The molecule has 1 fully saturated rings. The minimum Gasteiger partial charge on any atom is -0.497 e. The molecule has 10 heteroatoms. The van der Waals surface area contributed by atoms with Gasteiger partial charge in [0.1, 0.15) is 18.3 Å². The van der Waals surface area contributed by atoms with Gasteiger partial charge in [-0.3, -0.25) is 13.9 Å². The summed E-state index contributed by atoms with van der Waals surface area (Å²) >= 11 is 6.50. The minimum absolute atomic E-state index is 0.0473. The number of benzene rings is 3. The van der Waals surface area contributed by atoms with E-state index in [4.69, 9.17) is 16.3 Å². The van der Waals surface area contributed by atoms with Crippen LogP contribution in [0.4, 0.5) is 5.69 Å². The number of nitrogens with one attached hydrogen (secondary N) is 1. The Morgan fingerprint density at radius 2 is 1.70 bits per heavy atom. The summed E-state index contributed by atoms with van der Waals surface area (Å²) in [5.74, 6) is -0.325. The van der Waals surface area contributed by atoms with E-state index in [1.54, 1.807) is 54.6 Å². The van der Waals surface area contributed by atoms with E-state index in [-0.39, 0.29) is 29.1 Å². The standard InChI is InChI=1S/C33H40ClN3O5S/c1-4-31(33(39)35-26-12-6-5-7-13-26)36(22-25-11-8-9-16-30(25)34)32(38)23-37(27-14-10-15-28(21-27)42-3)43(40,41)29-19-17-24(2)18-20-29/h8-11,14-21,26,31H,4-7,12-13,22-23H2,1-3H3,(H,35,39)/t31-/m1/s1. The number of halogens is 1. The molecule has 0 heterocycles. The molecule has 1 N–H and O–H groups in total. The number of methoxy groups -OCH3 is 1. The van der Waals surface area contributed by atoms with Crippen molar-refractivity contribution in [1.29, 1.82) is 0 Å². The summed E-state index contributed by atoms with van der Waals surface area (Å²) in [6.45, 7) is 3.24. The minimum atomic E-state index is -4.18. The largest absolute Gasteiger partial charge is 0.497 e. The van der Waals surface area contributed by atoms with Crippen molar-refractivity contribution in [2.24, 2.45) is 0 Å². The van der Waals surface area contributed by atoms with Gasteiger partial charge in [-0.2, -0.15) is 0 Å². The monoisotopic (exact) mass is 625 g/mol. The number of nitrogens with zero attached hydrogens (tertiary/aromatic N) is 2. The molecule has 0 unspecified atom stereocenters. The van der Waals surface area contributed by atoms with Crippen molar-refractivity contribution in [1.82, 2.24) is 10.2 Å². The average molecular weight is 626 g/mol. The number of rotatable bonds is 12. The summed E-state index contributed by atoms with van der Waals surface area (Å²) in [5, 5.41) is 3.61. The zero-order chi connectivity index (χ0) is 31.0. The van der Waals surface area contributed by atoms with Gasteiger partial charge in [-0.15, -0.1) is 0 Å². The van der Waals surface area contributed by atoms with Crippen molar-refractivity contribution in [3.8, 4) is 5.75 Å². The smallest absolute Gasteiger partial charge is 0.264 e. The first kappa shape index (κ1) is 32.4. The van der Waals surface area contributed by atoms with Crippen LogP contribution in [0.1, 0.15) is 56.6 Å². The van der Waals surface area contributed by atoms with Gasteiger partial charge in [-0.25, -0.2) is 8.42 Å². The van der Waals surface area contributed by atoms with Crippen LogP contribution in [0, 0.1) is 6.92 Å². The number of amides is 2. The maximum Gasteiger partial charge on any atom is 0.264 e. The Kier molecular flexibility index (Phi) is 11.1. The lowest BCUT2D eigenvalue weighted by Crippen LogP contribution is -2.54. The van der Waals surface area contributed by atoms with Crippen LogP contribution in [0.5, 0.6) is 5.75 Å². The first-order valence-corrected chi connectivity index (χ1v) is 16.5. The Bertz CT molecular complexity index is 1510. The van der Waals surface area contributed by atoms with Crippen LogP contribution >= 0.6 is 11.6 Å².